The molecule has 0 aliphatic rings. The Morgan fingerprint density at radius 2 is 1.79 bits per heavy atom. The van der Waals surface area contributed by atoms with Crippen molar-refractivity contribution in [2.45, 2.75) is 32.2 Å². The average Bonchev–Trinajstić information content (AvgIpc) is 3.01. The molecule has 0 fully saturated rings. The minimum absolute atomic E-state index is 0.0192. The Labute approximate surface area is 125 Å². The van der Waals surface area contributed by atoms with Crippen LogP contribution < -0.4 is 5.73 Å². The highest BCUT2D eigenvalue weighted by Crippen LogP contribution is 2.38. The van der Waals surface area contributed by atoms with Gasteiger partial charge in [-0.2, -0.15) is 0 Å². The second-order valence-corrected chi connectivity index (χ2v) is 8.91. The molecule has 0 aliphatic carbocycles. The van der Waals surface area contributed by atoms with Gasteiger partial charge in [0.15, 0.2) is 0 Å². The van der Waals surface area contributed by atoms with Gasteiger partial charge in [0.2, 0.25) is 0 Å². The normalized spacial score (nSPS) is 14.1. The first-order valence-corrected chi connectivity index (χ1v) is 8.79. The highest BCUT2D eigenvalue weighted by atomic mass is 32.1. The van der Waals surface area contributed by atoms with E-state index in [9.17, 15) is 0 Å². The van der Waals surface area contributed by atoms with E-state index in [0.717, 1.165) is 0 Å². The zero-order valence-corrected chi connectivity index (χ0v) is 13.7. The maximum atomic E-state index is 6.42. The summed E-state index contributed by atoms with van der Waals surface area (Å²) in [5, 5.41) is 2.14. The van der Waals surface area contributed by atoms with Crippen LogP contribution in [0.3, 0.4) is 0 Å². The molecule has 0 aromatic carbocycles. The quantitative estimate of drug-likeness (QED) is 0.676. The molecule has 19 heavy (non-hydrogen) atoms. The van der Waals surface area contributed by atoms with Gasteiger partial charge in [-0.15, -0.1) is 34.0 Å². The predicted octanol–water partition coefficient (Wildman–Crippen LogP) is 5.37. The van der Waals surface area contributed by atoms with Crippen LogP contribution in [-0.4, -0.2) is 0 Å². The summed E-state index contributed by atoms with van der Waals surface area (Å²) in [4.78, 5) is 3.93. The van der Waals surface area contributed by atoms with Gasteiger partial charge in [0.25, 0.3) is 0 Å². The third-order valence-electron chi connectivity index (χ3n) is 3.14. The molecule has 1 atom stereocenters. The third-order valence-corrected chi connectivity index (χ3v) is 6.91. The first-order chi connectivity index (χ1) is 8.95. The topological polar surface area (TPSA) is 26.0 Å². The van der Waals surface area contributed by atoms with Crippen molar-refractivity contribution in [3.8, 4) is 0 Å². The number of rotatable bonds is 2. The molecule has 0 amide bonds. The third kappa shape index (κ3) is 2.50. The lowest BCUT2D eigenvalue weighted by molar-refractivity contribution is 0.604. The molecule has 1 nitrogen and oxygen atoms in total. The smallest absolute Gasteiger partial charge is 0.0740 e. The first-order valence-electron chi connectivity index (χ1n) is 6.28. The summed E-state index contributed by atoms with van der Waals surface area (Å²) in [5.74, 6) is 0. The number of nitrogens with two attached hydrogens (primary N) is 1. The van der Waals surface area contributed by atoms with Crippen LogP contribution in [0.15, 0.2) is 29.6 Å². The molecule has 3 aromatic rings. The van der Waals surface area contributed by atoms with E-state index in [1.807, 2.05) is 22.7 Å². The molecule has 2 N–H and O–H groups in total. The maximum absolute atomic E-state index is 6.42. The Hall–Kier alpha value is -0.680. The van der Waals surface area contributed by atoms with E-state index in [2.05, 4.69) is 50.4 Å². The van der Waals surface area contributed by atoms with E-state index < -0.39 is 0 Å². The van der Waals surface area contributed by atoms with Crippen molar-refractivity contribution in [3.05, 3.63) is 44.3 Å². The standard InChI is InChI=1S/C15H17NS3/c1-15(2,3)13-5-4-10(19-13)14(16)12-8-11-9(18-12)6-7-17-11/h4-8,14H,16H2,1-3H3. The zero-order chi connectivity index (χ0) is 13.6. The van der Waals surface area contributed by atoms with Gasteiger partial charge in [0.1, 0.15) is 0 Å². The van der Waals surface area contributed by atoms with E-state index in [4.69, 9.17) is 5.73 Å². The summed E-state index contributed by atoms with van der Waals surface area (Å²) in [7, 11) is 0. The Morgan fingerprint density at radius 1 is 1.00 bits per heavy atom. The number of hydrogen-bond acceptors (Lipinski definition) is 4. The molecule has 0 saturated carbocycles. The van der Waals surface area contributed by atoms with Crippen LogP contribution >= 0.6 is 34.0 Å². The Kier molecular flexibility index (Phi) is 3.29. The minimum atomic E-state index is 0.0192. The highest BCUT2D eigenvalue weighted by Gasteiger charge is 2.20. The van der Waals surface area contributed by atoms with Crippen LogP contribution in [0.5, 0.6) is 0 Å². The van der Waals surface area contributed by atoms with E-state index in [1.165, 1.54) is 24.0 Å². The van der Waals surface area contributed by atoms with Crippen molar-refractivity contribution in [1.29, 1.82) is 0 Å². The zero-order valence-electron chi connectivity index (χ0n) is 11.3. The highest BCUT2D eigenvalue weighted by molar-refractivity contribution is 7.27. The lowest BCUT2D eigenvalue weighted by atomic mass is 9.95. The molecule has 0 radical (unpaired) electrons. The Balaban J connectivity index is 1.93. The fraction of sp³-hybridized carbons (Fsp3) is 0.333. The lowest BCUT2D eigenvalue weighted by Crippen LogP contribution is -2.09. The molecule has 3 aromatic heterocycles. The molecule has 3 rings (SSSR count). The second-order valence-electron chi connectivity index (χ2n) is 5.73. The molecule has 100 valence electrons. The van der Waals surface area contributed by atoms with Crippen molar-refractivity contribution in [2.75, 3.05) is 0 Å². The van der Waals surface area contributed by atoms with Crippen molar-refractivity contribution >= 4 is 43.4 Å². The van der Waals surface area contributed by atoms with Gasteiger partial charge >= 0.3 is 0 Å². The summed E-state index contributed by atoms with van der Waals surface area (Å²) in [6, 6.07) is 8.84. The first kappa shape index (κ1) is 13.3. The molecule has 0 bridgehead atoms. The summed E-state index contributed by atoms with van der Waals surface area (Å²) in [6.45, 7) is 6.74. The van der Waals surface area contributed by atoms with Gasteiger partial charge in [-0.25, -0.2) is 0 Å². The summed E-state index contributed by atoms with van der Waals surface area (Å²) in [6.07, 6.45) is 0. The van der Waals surface area contributed by atoms with Crippen molar-refractivity contribution in [1.82, 2.24) is 0 Å². The van der Waals surface area contributed by atoms with E-state index in [-0.39, 0.29) is 11.5 Å². The van der Waals surface area contributed by atoms with E-state index in [0.29, 0.717) is 0 Å². The molecule has 1 unspecified atom stereocenters. The SMILES string of the molecule is CC(C)(C)c1ccc(C(N)c2cc3sccc3s2)s1. The monoisotopic (exact) mass is 307 g/mol. The van der Waals surface area contributed by atoms with Crippen LogP contribution in [0.2, 0.25) is 0 Å². The molecule has 3 heterocycles. The van der Waals surface area contributed by atoms with Crippen LogP contribution in [0.25, 0.3) is 9.40 Å². The van der Waals surface area contributed by atoms with Gasteiger partial charge in [0, 0.05) is 24.0 Å². The van der Waals surface area contributed by atoms with Crippen LogP contribution in [-0.2, 0) is 5.41 Å². The Morgan fingerprint density at radius 3 is 2.42 bits per heavy atom. The van der Waals surface area contributed by atoms with Gasteiger partial charge in [0.05, 0.1) is 6.04 Å². The Bertz CT molecular complexity index is 668. The molecular weight excluding hydrogens is 290 g/mol. The number of hydrogen-bond donors (Lipinski definition) is 1. The van der Waals surface area contributed by atoms with Gasteiger partial charge < -0.3 is 5.73 Å². The summed E-state index contributed by atoms with van der Waals surface area (Å²) < 4.78 is 2.70. The van der Waals surface area contributed by atoms with Gasteiger partial charge in [-0.05, 0) is 35.1 Å². The molecule has 4 heteroatoms. The fourth-order valence-electron chi connectivity index (χ4n) is 2.00. The van der Waals surface area contributed by atoms with Gasteiger partial charge in [-0.1, -0.05) is 20.8 Å². The van der Waals surface area contributed by atoms with Gasteiger partial charge in [-0.3, -0.25) is 0 Å². The lowest BCUT2D eigenvalue weighted by Gasteiger charge is -2.15. The van der Waals surface area contributed by atoms with E-state index >= 15 is 0 Å². The van der Waals surface area contributed by atoms with Crippen LogP contribution in [0.1, 0.15) is 41.4 Å². The molecule has 0 aliphatic heterocycles. The van der Waals surface area contributed by atoms with Crippen molar-refractivity contribution in [2.24, 2.45) is 5.73 Å². The van der Waals surface area contributed by atoms with Crippen LogP contribution in [0, 0.1) is 0 Å². The minimum Gasteiger partial charge on any atom is -0.319 e. The predicted molar refractivity (Wildman–Crippen MR) is 88.8 cm³/mol. The largest absolute Gasteiger partial charge is 0.319 e. The number of thiophene rings is 3. The summed E-state index contributed by atoms with van der Waals surface area (Å²) in [5.41, 5.74) is 6.63. The molecular formula is C15H17NS3. The second kappa shape index (κ2) is 4.70. The number of fused-ring (bicyclic) bond motifs is 1. The molecule has 0 spiro atoms. The maximum Gasteiger partial charge on any atom is 0.0740 e. The fourth-order valence-corrected chi connectivity index (χ4v) is 5.30. The average molecular weight is 308 g/mol. The van der Waals surface area contributed by atoms with Crippen molar-refractivity contribution < 1.29 is 0 Å². The summed E-state index contributed by atoms with van der Waals surface area (Å²) >= 11 is 5.44. The van der Waals surface area contributed by atoms with Crippen molar-refractivity contribution in [3.63, 3.8) is 0 Å². The van der Waals surface area contributed by atoms with Crippen LogP contribution in [0.4, 0.5) is 0 Å². The molecule has 0 saturated heterocycles. The van der Waals surface area contributed by atoms with E-state index in [1.54, 1.807) is 11.3 Å².